The van der Waals surface area contributed by atoms with Crippen molar-refractivity contribution in [2.24, 2.45) is 53.3 Å². The van der Waals surface area contributed by atoms with E-state index in [1.165, 1.54) is 13.4 Å². The lowest BCUT2D eigenvalue weighted by Crippen LogP contribution is -2.60. The third-order valence-corrected chi connectivity index (χ3v) is 15.5. The van der Waals surface area contributed by atoms with Gasteiger partial charge < -0.3 is 44.6 Å². The van der Waals surface area contributed by atoms with Crippen LogP contribution in [0.25, 0.3) is 0 Å². The number of piperidine rings is 1. The van der Waals surface area contributed by atoms with Crippen molar-refractivity contribution in [1.29, 1.82) is 0 Å². The highest BCUT2D eigenvalue weighted by Gasteiger charge is 2.53. The summed E-state index contributed by atoms with van der Waals surface area (Å²) in [6.45, 7) is 12.1. The van der Waals surface area contributed by atoms with E-state index in [-0.39, 0.29) is 74.3 Å². The van der Waals surface area contributed by atoms with Crippen LogP contribution in [0.3, 0.4) is 0 Å². The smallest absolute Gasteiger partial charge is 0.329 e. The fourth-order valence-corrected chi connectivity index (χ4v) is 10.6. The molecule has 18 nitrogen and oxygen atoms in total. The minimum Gasteiger partial charge on any atom is -0.460 e. The number of esters is 1. The predicted molar refractivity (Wildman–Crippen MR) is 263 cm³/mol. The van der Waals surface area contributed by atoms with E-state index in [2.05, 4.69) is 27.5 Å². The number of rotatable bonds is 7. The number of H-pyrrole nitrogens is 1. The first-order valence-electron chi connectivity index (χ1n) is 25.7. The number of amides is 1. The molecule has 0 spiro atoms. The Balaban J connectivity index is 0.00000205. The lowest BCUT2D eigenvalue weighted by molar-refractivity contribution is -0.265. The van der Waals surface area contributed by atoms with Crippen LogP contribution in [0.1, 0.15) is 126 Å². The number of carbonyl (C=O) groups excluding carboxylic acids is 5. The average molecular weight is 998 g/mol. The van der Waals surface area contributed by atoms with Crippen LogP contribution in [0.2, 0.25) is 0 Å². The predicted octanol–water partition coefficient (Wildman–Crippen LogP) is 4.81. The number of aromatic amines is 1. The Labute approximate surface area is 419 Å². The number of ether oxygens (including phenoxy) is 3. The standard InChI is InChI=1S/C52H81NO13.CH2N4/c1-31-14-10-9-11-15-32(2)40(29-55)26-42-20-18-37(7)52(63,66-42)49(60)50(61)53-21-13-12-16-43(53)51(62)65-45(41(30-56)25-38-19-17-33(3)39(24-38)28-54)27-44(57)34(4)23-36(6)47(59)48(64-8)46(58)35(5)22-31;1-2-4-5-3-1/h9-11,14-15,23,31,33-35,37-43,45,47-48,54-56,59,63H,12-13,16-22,24-30H2,1-8H3;1H,(H,2,3,4,5)/b11-9+,14-10+,32-15+,36-23+;/t31-,33+,34-,35+,37-,38-,39+,40-,41+,42+,43+,45+,47-,48+,52-;/m1./s1. The van der Waals surface area contributed by atoms with E-state index in [0.717, 1.165) is 23.3 Å². The second-order valence-electron chi connectivity index (χ2n) is 20.8. The molecule has 1 amide bonds. The van der Waals surface area contributed by atoms with Gasteiger partial charge in [-0.15, -0.1) is 10.2 Å². The zero-order chi connectivity index (χ0) is 52.4. The third-order valence-electron chi connectivity index (χ3n) is 15.5. The number of tetrazole rings is 1. The number of allylic oxidation sites excluding steroid dienone is 6. The van der Waals surface area contributed by atoms with Gasteiger partial charge in [-0.05, 0) is 101 Å². The normalized spacial score (nSPS) is 37.7. The summed E-state index contributed by atoms with van der Waals surface area (Å²) in [6, 6.07) is -1.21. The molecule has 3 aliphatic heterocycles. The minimum atomic E-state index is -2.48. The quantitative estimate of drug-likeness (QED) is 0.121. The molecule has 3 fully saturated rings. The molecule has 1 aliphatic carbocycles. The molecule has 6 N–H and O–H groups in total. The summed E-state index contributed by atoms with van der Waals surface area (Å²) in [5, 5.41) is 66.9. The summed E-state index contributed by atoms with van der Waals surface area (Å²) in [5.74, 6) is -8.83. The lowest BCUT2D eigenvalue weighted by Gasteiger charge is -2.43. The molecule has 1 aromatic rings. The highest BCUT2D eigenvalue weighted by Crippen LogP contribution is 2.39. The summed E-state index contributed by atoms with van der Waals surface area (Å²) in [6.07, 6.45) is 13.3. The molecule has 2 bridgehead atoms. The number of ketones is 3. The molecular weight excluding hydrogens is 915 g/mol. The summed E-state index contributed by atoms with van der Waals surface area (Å²) in [5.41, 5.74) is 1.19. The Morgan fingerprint density at radius 3 is 2.28 bits per heavy atom. The fraction of sp³-hybridized carbons (Fsp3) is 0.736. The number of nitrogens with one attached hydrogen (secondary N) is 1. The Bertz CT molecular complexity index is 1970. The summed E-state index contributed by atoms with van der Waals surface area (Å²) in [7, 11) is 1.36. The number of cyclic esters (lactones) is 1. The summed E-state index contributed by atoms with van der Waals surface area (Å²) in [4.78, 5) is 71.8. The van der Waals surface area contributed by atoms with Gasteiger partial charge in [-0.3, -0.25) is 19.2 Å². The van der Waals surface area contributed by atoms with E-state index in [1.54, 1.807) is 33.8 Å². The molecule has 18 heteroatoms. The van der Waals surface area contributed by atoms with Crippen molar-refractivity contribution in [3.8, 4) is 0 Å². The van der Waals surface area contributed by atoms with Crippen LogP contribution in [0.5, 0.6) is 0 Å². The van der Waals surface area contributed by atoms with Crippen molar-refractivity contribution >= 4 is 29.2 Å². The van der Waals surface area contributed by atoms with Gasteiger partial charge in [-0.1, -0.05) is 94.7 Å². The number of hydrogen-bond acceptors (Lipinski definition) is 16. The average Bonchev–Trinajstić information content (AvgIpc) is 3.96. The van der Waals surface area contributed by atoms with Crippen molar-refractivity contribution in [2.75, 3.05) is 33.5 Å². The molecule has 71 heavy (non-hydrogen) atoms. The van der Waals surface area contributed by atoms with E-state index in [0.29, 0.717) is 56.4 Å². The fourth-order valence-electron chi connectivity index (χ4n) is 10.6. The maximum absolute atomic E-state index is 14.4. The number of hydrogen-bond donors (Lipinski definition) is 6. The zero-order valence-corrected chi connectivity index (χ0v) is 43.2. The Morgan fingerprint density at radius 1 is 0.901 bits per heavy atom. The maximum Gasteiger partial charge on any atom is 0.329 e. The number of aromatic nitrogens is 4. The number of nitrogens with zero attached hydrogens (tertiary/aromatic N) is 4. The monoisotopic (exact) mass is 998 g/mol. The molecule has 15 atom stereocenters. The molecule has 1 aromatic heterocycles. The van der Waals surface area contributed by atoms with Crippen LogP contribution >= 0.6 is 0 Å². The SMILES string of the molecule is CO[C@H]1C(=O)[C@@H](C)C[C@H](C)/C=C/C=C/C=C(\C)[C@@H](CO)C[C@@H]2CC[C@@H](C)[C@@](O)(O2)C(=O)C(=O)N2CCCC[C@H]2C(=O)O[C@H]([C@H](CO)C[C@@H]2CC[C@H](C)[C@H](CO)C2)CC(=O)[C@H](C)/C=C(\C)[C@H]1O.c1nn[nH]n1. The van der Waals surface area contributed by atoms with Crippen LogP contribution in [-0.2, 0) is 38.2 Å². The van der Waals surface area contributed by atoms with Gasteiger partial charge in [-0.25, -0.2) is 4.79 Å². The minimum absolute atomic E-state index is 0.00801. The van der Waals surface area contributed by atoms with E-state index >= 15 is 0 Å². The number of aliphatic hydroxyl groups is 5. The molecule has 0 aromatic carbocycles. The molecule has 1 saturated carbocycles. The molecule has 4 aliphatic rings. The number of carbonyl (C=O) groups is 5. The van der Waals surface area contributed by atoms with Crippen molar-refractivity contribution in [2.45, 2.75) is 162 Å². The Morgan fingerprint density at radius 2 is 1.65 bits per heavy atom. The zero-order valence-electron chi connectivity index (χ0n) is 43.2. The molecule has 0 radical (unpaired) electrons. The molecule has 4 heterocycles. The van der Waals surface area contributed by atoms with Gasteiger partial charge in [0.2, 0.25) is 5.79 Å². The van der Waals surface area contributed by atoms with E-state index in [4.69, 9.17) is 14.2 Å². The largest absolute Gasteiger partial charge is 0.460 e. The van der Waals surface area contributed by atoms with Crippen molar-refractivity contribution in [3.63, 3.8) is 0 Å². The molecular formula is C53H83N5O13. The van der Waals surface area contributed by atoms with Gasteiger partial charge in [0.15, 0.2) is 12.1 Å². The third kappa shape index (κ3) is 16.6. The molecule has 2 saturated heterocycles. The van der Waals surface area contributed by atoms with Crippen LogP contribution in [0.15, 0.2) is 53.9 Å². The summed E-state index contributed by atoms with van der Waals surface area (Å²) < 4.78 is 17.9. The second kappa shape index (κ2) is 28.8. The maximum atomic E-state index is 14.4. The van der Waals surface area contributed by atoms with Gasteiger partial charge in [0.05, 0.1) is 6.10 Å². The molecule has 5 rings (SSSR count). The molecule has 398 valence electrons. The highest BCUT2D eigenvalue weighted by atomic mass is 16.6. The second-order valence-corrected chi connectivity index (χ2v) is 20.8. The van der Waals surface area contributed by atoms with E-state index in [9.17, 15) is 49.5 Å². The number of Topliss-reactive ketones (excluding diaryl/α,β-unsaturated/α-hetero) is 3. The van der Waals surface area contributed by atoms with Crippen LogP contribution in [0.4, 0.5) is 0 Å². The molecule has 0 unspecified atom stereocenters. The van der Waals surface area contributed by atoms with Crippen molar-refractivity contribution in [1.82, 2.24) is 25.5 Å². The van der Waals surface area contributed by atoms with Gasteiger partial charge in [0, 0.05) is 69.5 Å². The Kier molecular flexibility index (Phi) is 24.1. The first-order valence-corrected chi connectivity index (χ1v) is 25.7. The van der Waals surface area contributed by atoms with Crippen LogP contribution in [0, 0.1) is 53.3 Å². The van der Waals surface area contributed by atoms with E-state index < -0.39 is 84.2 Å². The van der Waals surface area contributed by atoms with Crippen molar-refractivity contribution < 1.29 is 63.7 Å². The number of fused-ring (bicyclic) bond motifs is 3. The first kappa shape index (κ1) is 59.3. The number of methoxy groups -OCH3 is 1. The van der Waals surface area contributed by atoms with Crippen molar-refractivity contribution in [3.05, 3.63) is 53.9 Å². The Hall–Kier alpha value is -4.30. The highest BCUT2D eigenvalue weighted by molar-refractivity contribution is 6.39. The van der Waals surface area contributed by atoms with Crippen LogP contribution < -0.4 is 0 Å². The van der Waals surface area contributed by atoms with Gasteiger partial charge in [0.25, 0.3) is 11.7 Å². The first-order chi connectivity index (χ1) is 33.8. The number of aliphatic hydroxyl groups excluding tert-OH is 4. The van der Waals surface area contributed by atoms with Gasteiger partial charge in [0.1, 0.15) is 30.1 Å². The topological polar surface area (TPSA) is 272 Å². The van der Waals surface area contributed by atoms with Crippen LogP contribution in [-0.4, -0.2) is 150 Å². The van der Waals surface area contributed by atoms with Gasteiger partial charge in [-0.2, -0.15) is 5.21 Å². The summed E-state index contributed by atoms with van der Waals surface area (Å²) >= 11 is 0. The van der Waals surface area contributed by atoms with E-state index in [1.807, 2.05) is 44.2 Å². The lowest BCUT2D eigenvalue weighted by atomic mass is 9.72. The van der Waals surface area contributed by atoms with Gasteiger partial charge >= 0.3 is 5.97 Å².